The van der Waals surface area contributed by atoms with E-state index in [1.54, 1.807) is 26.0 Å². The third kappa shape index (κ3) is 8.98. The number of hydrogen-bond acceptors (Lipinski definition) is 11. The second kappa shape index (κ2) is 16.8. The number of hydrogen-bond donors (Lipinski definition) is 8. The van der Waals surface area contributed by atoms with Gasteiger partial charge in [-0.15, -0.1) is 0 Å². The lowest BCUT2D eigenvalue weighted by Gasteiger charge is -2.30. The Morgan fingerprint density at radius 3 is 1.38 bits per heavy atom. The quantitative estimate of drug-likeness (QED) is 0.132. The number of amides is 2. The number of nitrogens with zero attached hydrogens (tertiary/aromatic N) is 3. The summed E-state index contributed by atoms with van der Waals surface area (Å²) in [7, 11) is 0. The van der Waals surface area contributed by atoms with E-state index in [2.05, 4.69) is 26.8 Å². The number of rotatable bonds is 12. The molecule has 2 atom stereocenters. The molecule has 1 fully saturated rings. The smallest absolute Gasteiger partial charge is 0.256 e. The molecule has 1 heterocycles. The zero-order chi connectivity index (χ0) is 36.6. The zero-order valence-corrected chi connectivity index (χ0v) is 28.9. The fraction of sp³-hybridized carbons (Fsp3) is 0.459. The van der Waals surface area contributed by atoms with Crippen molar-refractivity contribution >= 4 is 11.8 Å². The summed E-state index contributed by atoms with van der Waals surface area (Å²) >= 11 is 0. The van der Waals surface area contributed by atoms with Gasteiger partial charge in [0.25, 0.3) is 11.8 Å². The van der Waals surface area contributed by atoms with Gasteiger partial charge in [-0.1, -0.05) is 53.6 Å². The molecule has 4 rings (SSSR count). The Morgan fingerprint density at radius 1 is 0.640 bits per heavy atom. The van der Waals surface area contributed by atoms with Gasteiger partial charge in [0.2, 0.25) is 0 Å². The van der Waals surface area contributed by atoms with Gasteiger partial charge in [0.1, 0.15) is 11.5 Å². The van der Waals surface area contributed by atoms with E-state index < -0.39 is 36.2 Å². The molecular weight excluding hydrogens is 642 g/mol. The molecule has 1 aliphatic rings. The standard InChI is InChI=1S/C37H51N5O8/c1-25-16-28(32(45)30(18-25)36(49,23-43)34(38)47)21-41-12-6-10-40(20-27-8-4-3-5-9-27)11-7-13-42(15-14-41)22-29-17-26(2)19-31(33(29)46)37(50,24-44)35(39)48/h3-5,8-9,16-19,43-46,49-50H,6-7,10-15,20-24H2,1-2H3,(H2,38,47)(H2,39,48). The summed E-state index contributed by atoms with van der Waals surface area (Å²) in [6, 6.07) is 16.6. The Kier molecular flexibility index (Phi) is 13.0. The summed E-state index contributed by atoms with van der Waals surface area (Å²) in [6.45, 7) is 6.90. The van der Waals surface area contributed by atoms with Crippen LogP contribution in [0.25, 0.3) is 0 Å². The third-order valence-electron chi connectivity index (χ3n) is 9.50. The molecule has 0 aliphatic carbocycles. The SMILES string of the molecule is Cc1cc(CN2CCCN(Cc3ccccc3)CCCN(Cc3cc(C)cc(C(O)(CO)C(N)=O)c3O)CC2)c(O)c(C(O)(CO)C(N)=O)c1. The highest BCUT2D eigenvalue weighted by Gasteiger charge is 2.40. The Hall–Kier alpha value is -4.08. The van der Waals surface area contributed by atoms with Gasteiger partial charge < -0.3 is 42.1 Å². The highest BCUT2D eigenvalue weighted by molar-refractivity contribution is 5.86. The van der Waals surface area contributed by atoms with Crippen molar-refractivity contribution in [2.24, 2.45) is 11.5 Å². The molecule has 0 aromatic heterocycles. The molecule has 0 spiro atoms. The summed E-state index contributed by atoms with van der Waals surface area (Å²) < 4.78 is 0. The second-order valence-corrected chi connectivity index (χ2v) is 13.4. The summed E-state index contributed by atoms with van der Waals surface area (Å²) in [5.41, 5.74) is 9.11. The molecule has 2 unspecified atom stereocenters. The van der Waals surface area contributed by atoms with Crippen molar-refractivity contribution in [1.29, 1.82) is 0 Å². The summed E-state index contributed by atoms with van der Waals surface area (Å²) in [6.07, 6.45) is 1.64. The van der Waals surface area contributed by atoms with E-state index in [9.17, 15) is 40.2 Å². The number of aromatic hydroxyl groups is 2. The fourth-order valence-electron chi connectivity index (χ4n) is 6.62. The van der Waals surface area contributed by atoms with Crippen LogP contribution in [0.15, 0.2) is 54.6 Å². The van der Waals surface area contributed by atoms with Crippen LogP contribution in [0.5, 0.6) is 11.5 Å². The van der Waals surface area contributed by atoms with Crippen LogP contribution in [-0.2, 0) is 40.4 Å². The first-order chi connectivity index (χ1) is 23.7. The maximum Gasteiger partial charge on any atom is 0.256 e. The topological polar surface area (TPSA) is 217 Å². The molecule has 50 heavy (non-hydrogen) atoms. The lowest BCUT2D eigenvalue weighted by Crippen LogP contribution is -2.44. The molecule has 0 bridgehead atoms. The van der Waals surface area contributed by atoms with Gasteiger partial charge in [0, 0.05) is 55.0 Å². The molecule has 2 amide bonds. The molecule has 10 N–H and O–H groups in total. The molecule has 13 heteroatoms. The largest absolute Gasteiger partial charge is 0.507 e. The number of phenols is 2. The third-order valence-corrected chi connectivity index (χ3v) is 9.50. The minimum Gasteiger partial charge on any atom is -0.507 e. The Balaban J connectivity index is 1.66. The van der Waals surface area contributed by atoms with Gasteiger partial charge in [-0.2, -0.15) is 0 Å². The minimum atomic E-state index is -2.45. The Bertz CT molecular complexity index is 1540. The molecule has 0 radical (unpaired) electrons. The molecule has 0 saturated carbocycles. The lowest BCUT2D eigenvalue weighted by atomic mass is 9.89. The maximum absolute atomic E-state index is 12.1. The van der Waals surface area contributed by atoms with Crippen LogP contribution in [0.3, 0.4) is 0 Å². The van der Waals surface area contributed by atoms with Crippen LogP contribution < -0.4 is 11.5 Å². The van der Waals surface area contributed by atoms with E-state index >= 15 is 0 Å². The van der Waals surface area contributed by atoms with Crippen molar-refractivity contribution in [2.45, 2.75) is 57.5 Å². The second-order valence-electron chi connectivity index (χ2n) is 13.4. The van der Waals surface area contributed by atoms with E-state index in [0.29, 0.717) is 48.4 Å². The number of carbonyl (C=O) groups excluding carboxylic acids is 2. The molecular formula is C37H51N5O8. The summed E-state index contributed by atoms with van der Waals surface area (Å²) in [4.78, 5) is 31.0. The van der Waals surface area contributed by atoms with Crippen molar-refractivity contribution in [3.05, 3.63) is 93.5 Å². The molecule has 1 aliphatic heterocycles. The number of nitrogens with two attached hydrogens (primary N) is 2. The van der Waals surface area contributed by atoms with Crippen LogP contribution in [-0.4, -0.2) is 110 Å². The first-order valence-corrected chi connectivity index (χ1v) is 16.8. The Labute approximate surface area is 293 Å². The van der Waals surface area contributed by atoms with E-state index in [1.807, 2.05) is 18.2 Å². The number of benzene rings is 3. The molecule has 13 nitrogen and oxygen atoms in total. The van der Waals surface area contributed by atoms with Crippen molar-refractivity contribution in [3.8, 4) is 11.5 Å². The van der Waals surface area contributed by atoms with Crippen molar-refractivity contribution in [2.75, 3.05) is 52.5 Å². The summed E-state index contributed by atoms with van der Waals surface area (Å²) in [5.74, 6) is -2.98. The van der Waals surface area contributed by atoms with E-state index in [4.69, 9.17) is 11.5 Å². The van der Waals surface area contributed by atoms with Gasteiger partial charge in [0.15, 0.2) is 11.2 Å². The first-order valence-electron chi connectivity index (χ1n) is 16.8. The first kappa shape index (κ1) is 38.7. The minimum absolute atomic E-state index is 0.152. The van der Waals surface area contributed by atoms with E-state index in [0.717, 1.165) is 32.5 Å². The van der Waals surface area contributed by atoms with Crippen molar-refractivity contribution in [3.63, 3.8) is 0 Å². The van der Waals surface area contributed by atoms with Gasteiger partial charge in [-0.05, 0) is 70.6 Å². The van der Waals surface area contributed by atoms with Gasteiger partial charge in [-0.25, -0.2) is 0 Å². The van der Waals surface area contributed by atoms with E-state index in [1.165, 1.54) is 17.7 Å². The number of primary amides is 2. The van der Waals surface area contributed by atoms with Crippen LogP contribution >= 0.6 is 0 Å². The van der Waals surface area contributed by atoms with Gasteiger partial charge in [0.05, 0.1) is 13.2 Å². The predicted molar refractivity (Wildman–Crippen MR) is 188 cm³/mol. The van der Waals surface area contributed by atoms with Crippen LogP contribution in [0.1, 0.15) is 51.8 Å². The monoisotopic (exact) mass is 693 g/mol. The fourth-order valence-corrected chi connectivity index (χ4v) is 6.62. The normalized spacial score (nSPS) is 18.1. The molecule has 272 valence electrons. The average molecular weight is 694 g/mol. The Morgan fingerprint density at radius 2 is 1.02 bits per heavy atom. The summed E-state index contributed by atoms with van der Waals surface area (Å²) in [5, 5.41) is 64.0. The average Bonchev–Trinajstić information content (AvgIpc) is 3.12. The van der Waals surface area contributed by atoms with Crippen LogP contribution in [0.4, 0.5) is 0 Å². The number of aryl methyl sites for hydroxylation is 2. The highest BCUT2D eigenvalue weighted by atomic mass is 16.4. The van der Waals surface area contributed by atoms with Gasteiger partial charge in [-0.3, -0.25) is 24.3 Å². The predicted octanol–water partition coefficient (Wildman–Crippen LogP) is 0.645. The molecule has 3 aromatic carbocycles. The molecule has 1 saturated heterocycles. The molecule has 3 aromatic rings. The van der Waals surface area contributed by atoms with Gasteiger partial charge >= 0.3 is 0 Å². The van der Waals surface area contributed by atoms with Crippen molar-refractivity contribution < 1.29 is 40.2 Å². The van der Waals surface area contributed by atoms with Crippen LogP contribution in [0, 0.1) is 13.8 Å². The van der Waals surface area contributed by atoms with Crippen LogP contribution in [0.2, 0.25) is 0 Å². The number of aliphatic hydroxyl groups is 4. The number of phenolic OH excluding ortho intramolecular Hbond substituents is 2. The van der Waals surface area contributed by atoms with Crippen molar-refractivity contribution in [1.82, 2.24) is 14.7 Å². The highest BCUT2D eigenvalue weighted by Crippen LogP contribution is 2.36. The van der Waals surface area contributed by atoms with E-state index in [-0.39, 0.29) is 35.7 Å². The zero-order valence-electron chi connectivity index (χ0n) is 28.9. The lowest BCUT2D eigenvalue weighted by molar-refractivity contribution is -0.142. The number of carbonyl (C=O) groups is 2. The number of aliphatic hydroxyl groups excluding tert-OH is 2. The maximum atomic E-state index is 12.1.